The second-order valence-electron chi connectivity index (χ2n) is 52.0. The van der Waals surface area contributed by atoms with Crippen LogP contribution in [0.3, 0.4) is 0 Å². The van der Waals surface area contributed by atoms with E-state index in [0.717, 1.165) is 34.1 Å². The molecule has 0 aliphatic heterocycles. The van der Waals surface area contributed by atoms with Crippen LogP contribution in [0.2, 0.25) is 0 Å². The zero-order valence-corrected chi connectivity index (χ0v) is 93.1. The molecule has 0 saturated carbocycles. The maximum atomic E-state index is 12.1. The third-order valence-electron chi connectivity index (χ3n) is 22.5. The molecule has 14 heteroatoms. The molecule has 0 aliphatic rings. The van der Waals surface area contributed by atoms with E-state index in [-0.39, 0.29) is 92.8 Å². The Labute approximate surface area is 756 Å². The Morgan fingerprint density at radius 3 is 0.861 bits per heavy atom. The Balaban J connectivity index is 0.000000697. The first-order valence-corrected chi connectivity index (χ1v) is 46.5. The van der Waals surface area contributed by atoms with Crippen molar-refractivity contribution in [3.05, 3.63) is 162 Å². The molecule has 0 amide bonds. The molecule has 8 aromatic heterocycles. The Morgan fingerprint density at radius 1 is 0.303 bits per heavy atom. The van der Waals surface area contributed by atoms with Crippen LogP contribution in [0.4, 0.5) is 0 Å². The molecule has 8 rings (SSSR count). The second kappa shape index (κ2) is 38.5. The second-order valence-corrected chi connectivity index (χ2v) is 53.1. The summed E-state index contributed by atoms with van der Waals surface area (Å²) in [7, 11) is 0. The van der Waals surface area contributed by atoms with E-state index >= 15 is 0 Å². The lowest BCUT2D eigenvalue weighted by atomic mass is 9.77. The molecule has 0 unspecified atom stereocenters. The van der Waals surface area contributed by atoms with E-state index < -0.39 is 0 Å². The van der Waals surface area contributed by atoms with Gasteiger partial charge in [-0.2, -0.15) is 10.2 Å². The number of nitrogens with zero attached hydrogens (tertiary/aromatic N) is 8. The quantitative estimate of drug-likeness (QED) is 0.130. The van der Waals surface area contributed by atoms with Crippen LogP contribution in [-0.2, 0) is 87.3 Å². The van der Waals surface area contributed by atoms with Gasteiger partial charge in [-0.25, -0.2) is 9.51 Å². The molecule has 8 aromatic rings. The maximum absolute atomic E-state index is 12.1. The summed E-state index contributed by atoms with van der Waals surface area (Å²) in [5, 5.41) is 9.43. The van der Waals surface area contributed by atoms with Crippen LogP contribution < -0.4 is 14.3 Å². The molecule has 122 heavy (non-hydrogen) atoms. The smallest absolute Gasteiger partial charge is 0.252 e. The number of nitrogens with one attached hydrogen (secondary N) is 3. The summed E-state index contributed by atoms with van der Waals surface area (Å²) in [6, 6.07) is 0. The lowest BCUT2D eigenvalue weighted by Gasteiger charge is -2.29. The fourth-order valence-corrected chi connectivity index (χ4v) is 20.3. The number of rotatable bonds is 0. The number of hydrogen-bond acceptors (Lipinski definition) is 6. The molecule has 0 fully saturated rings. The number of aryl methyl sites for hydroxylation is 6. The molecular formula is C108H195N11O2S+2. The average molecular weight is 1710 g/mol. The largest absolute Gasteiger partial charge is 0.362 e. The van der Waals surface area contributed by atoms with Gasteiger partial charge in [0.25, 0.3) is 5.56 Å². The number of pyridine rings is 1. The van der Waals surface area contributed by atoms with Gasteiger partial charge in [-0.15, -0.1) is 3.96 Å². The van der Waals surface area contributed by atoms with Crippen LogP contribution in [0, 0.1) is 111 Å². The topological polar surface area (TPSA) is 139 Å². The fourth-order valence-electron chi connectivity index (χ4n) is 19.0. The van der Waals surface area contributed by atoms with Gasteiger partial charge in [0.05, 0.1) is 38.6 Å². The molecule has 13 nitrogen and oxygen atoms in total. The van der Waals surface area contributed by atoms with Crippen molar-refractivity contribution in [2.45, 2.75) is 530 Å². The van der Waals surface area contributed by atoms with E-state index in [1.165, 1.54) is 118 Å². The van der Waals surface area contributed by atoms with Gasteiger partial charge < -0.3 is 19.5 Å². The van der Waals surface area contributed by atoms with E-state index in [4.69, 9.17) is 14.6 Å². The SMILES string of the molecule is Cc1[nH]c(=O)c(C(C)(C)C)c(C)c1C(C)(C)C.Cc1[nH]c(C(C)(C)C)c(C)c1C(C)(C)C.Cc1c(C(C)(C)C)[nH]c(C(C)(C)C)c1C.Cc1c(C(C)(C)C)nn(C(C)(C)C)c1C.Cc1nc(C(C)(C)C)c(C)n1C(C)(C)C.Cc1nn(C(C)(C)C)c(C)c1C(C)(C)C.Cc1o[n+](C(C)(C)C)c(C)c1C(C)(C)C.Cc1s[n+](C(C)(C)C)c(C)c1C(C)(C)C. The van der Waals surface area contributed by atoms with Crippen LogP contribution in [0.5, 0.6) is 0 Å². The minimum Gasteiger partial charge on any atom is -0.362 e. The van der Waals surface area contributed by atoms with Crippen molar-refractivity contribution >= 4 is 11.5 Å². The first-order chi connectivity index (χ1) is 53.3. The van der Waals surface area contributed by atoms with Crippen molar-refractivity contribution in [2.24, 2.45) is 0 Å². The number of H-pyrrole nitrogens is 3. The highest BCUT2D eigenvalue weighted by molar-refractivity contribution is 7.02. The summed E-state index contributed by atoms with van der Waals surface area (Å²) in [6.07, 6.45) is 0. The lowest BCUT2D eigenvalue weighted by Crippen LogP contribution is -2.51. The molecule has 3 N–H and O–H groups in total. The van der Waals surface area contributed by atoms with Gasteiger partial charge in [-0.1, -0.05) is 228 Å². The van der Waals surface area contributed by atoms with Gasteiger partial charge in [0.15, 0.2) is 17.0 Å². The minimum absolute atomic E-state index is 0.0122. The average Bonchev–Trinajstić information content (AvgIpc) is 1.67. The Bertz CT molecular complexity index is 4210. The Kier molecular flexibility index (Phi) is 36.0. The van der Waals surface area contributed by atoms with Crippen LogP contribution in [0.15, 0.2) is 9.32 Å². The molecule has 0 bridgehead atoms. The molecule has 8 heterocycles. The molecule has 0 radical (unpaired) electrons. The number of aromatic amines is 3. The van der Waals surface area contributed by atoms with Crippen molar-refractivity contribution in [3.63, 3.8) is 0 Å². The molecule has 0 spiro atoms. The van der Waals surface area contributed by atoms with Gasteiger partial charge in [-0.05, 0) is 228 Å². The van der Waals surface area contributed by atoms with Gasteiger partial charge in [0.1, 0.15) is 17.4 Å². The van der Waals surface area contributed by atoms with E-state index in [2.05, 4.69) is 474 Å². The van der Waals surface area contributed by atoms with Crippen molar-refractivity contribution in [1.82, 2.24) is 44.1 Å². The van der Waals surface area contributed by atoms with Crippen molar-refractivity contribution in [2.75, 3.05) is 0 Å². The minimum atomic E-state index is -0.120. The highest BCUT2D eigenvalue weighted by Gasteiger charge is 2.40. The summed E-state index contributed by atoms with van der Waals surface area (Å²) < 4.78 is 16.9. The lowest BCUT2D eigenvalue weighted by molar-refractivity contribution is -0.911. The van der Waals surface area contributed by atoms with Crippen LogP contribution in [-0.4, -0.2) is 44.1 Å². The zero-order chi connectivity index (χ0) is 97.7. The zero-order valence-electron chi connectivity index (χ0n) is 92.3. The van der Waals surface area contributed by atoms with Crippen LogP contribution in [0.1, 0.15) is 484 Å². The first kappa shape index (κ1) is 114. The monoisotopic (exact) mass is 1710 g/mol. The molecule has 698 valence electrons. The van der Waals surface area contributed by atoms with Gasteiger partial charge in [-0.3, -0.25) is 14.2 Å². The predicted molar refractivity (Wildman–Crippen MR) is 535 cm³/mol. The molecule has 0 saturated heterocycles. The fraction of sp³-hybridized carbons (Fsp3) is 0.741. The van der Waals surface area contributed by atoms with Crippen molar-refractivity contribution in [1.29, 1.82) is 0 Å². The number of imidazole rings is 1. The van der Waals surface area contributed by atoms with Crippen molar-refractivity contribution < 1.29 is 13.2 Å². The highest BCUT2D eigenvalue weighted by Crippen LogP contribution is 2.40. The van der Waals surface area contributed by atoms with Gasteiger partial charge in [0, 0.05) is 157 Å². The molecule has 0 aliphatic carbocycles. The van der Waals surface area contributed by atoms with E-state index in [9.17, 15) is 4.79 Å². The first-order valence-electron chi connectivity index (χ1n) is 45.7. The predicted octanol–water partition coefficient (Wildman–Crippen LogP) is 29.6. The third kappa shape index (κ3) is 29.5. The molecule has 0 aromatic carbocycles. The Morgan fingerprint density at radius 2 is 0.648 bits per heavy atom. The van der Waals surface area contributed by atoms with Crippen LogP contribution in [0.25, 0.3) is 0 Å². The third-order valence-corrected chi connectivity index (χ3v) is 23.9. The van der Waals surface area contributed by atoms with Crippen LogP contribution >= 0.6 is 11.5 Å². The Hall–Kier alpha value is -6.02. The number of aromatic nitrogens is 11. The summed E-state index contributed by atoms with van der Waals surface area (Å²) in [4.78, 5) is 28.5. The highest BCUT2D eigenvalue weighted by atomic mass is 32.1. The maximum Gasteiger partial charge on any atom is 0.252 e. The summed E-state index contributed by atoms with van der Waals surface area (Å²) in [5.41, 5.74) is 33.4. The van der Waals surface area contributed by atoms with Crippen molar-refractivity contribution in [3.8, 4) is 0 Å². The van der Waals surface area contributed by atoms with E-state index in [1.807, 2.05) is 23.2 Å². The normalized spacial score (nSPS) is 13.3. The van der Waals surface area contributed by atoms with Gasteiger partial charge in [0.2, 0.25) is 11.2 Å². The summed E-state index contributed by atoms with van der Waals surface area (Å²) in [6.45, 7) is 141. The summed E-state index contributed by atoms with van der Waals surface area (Å²) >= 11 is 1.89. The van der Waals surface area contributed by atoms with E-state index in [1.54, 1.807) is 0 Å². The number of hydrogen-bond donors (Lipinski definition) is 3. The molecule has 0 atom stereocenters. The van der Waals surface area contributed by atoms with E-state index in [0.29, 0.717) is 0 Å². The van der Waals surface area contributed by atoms with Gasteiger partial charge >= 0.3 is 0 Å². The standard InChI is InChI=1S/C15H25NO.2C14H25N.3C13H24N2.C13H24NO.C13H24NS/c1-9-11(14(3,4)5)10(2)16-13(17)12(9)15(6,7)8;1-9-11(13(3,4)5)10(2)15-12(9)14(6,7)8;1-9-10(2)12(14(6,7)8)15-11(9)13(3,4)5;1-9-11(12(3,4)5)14-10(2)15(9)13(6,7)8;1-9-11(12(3,4)5)10(2)15(14-9)13(6,7)8;1-9-10(2)15(13(6,7)8)14-11(9)12(3,4)5;2*1-9-11(12(3,4)5)10(2)15-14(9)13(6,7)8/h1-8H3,(H,16,17);2*15H,1-8H3;5*1-8H3/q;;;;;;2*+1. The molecular weight excluding hydrogens is 1520 g/mol. The summed E-state index contributed by atoms with van der Waals surface area (Å²) in [5.74, 6) is 2.15.